The molecule has 0 saturated carbocycles. The van der Waals surface area contributed by atoms with Gasteiger partial charge in [-0.1, -0.05) is 19.9 Å². The van der Waals surface area contributed by atoms with Crippen LogP contribution in [0.15, 0.2) is 24.3 Å². The molecular weight excluding hydrogens is 330 g/mol. The number of hydrogen-bond acceptors (Lipinski definition) is 4. The topological polar surface area (TPSA) is 76.0 Å². The van der Waals surface area contributed by atoms with Crippen LogP contribution in [0.5, 0.6) is 5.75 Å². The van der Waals surface area contributed by atoms with Crippen LogP contribution in [0.4, 0.5) is 0 Å². The molecule has 3 heterocycles. The van der Waals surface area contributed by atoms with Gasteiger partial charge >= 0.3 is 0 Å². The molecule has 0 spiro atoms. The summed E-state index contributed by atoms with van der Waals surface area (Å²) in [6.45, 7) is 7.43. The number of rotatable bonds is 3. The maximum atomic E-state index is 13.1. The molecule has 1 amide bonds. The number of nitrogens with zero attached hydrogens (tertiary/aromatic N) is 4. The molecule has 26 heavy (non-hydrogen) atoms. The molecule has 136 valence electrons. The first-order chi connectivity index (χ1) is 12.5. The van der Waals surface area contributed by atoms with E-state index in [2.05, 4.69) is 40.5 Å². The molecule has 1 atom stereocenters. The van der Waals surface area contributed by atoms with Crippen molar-refractivity contribution in [3.05, 3.63) is 41.6 Å². The molecule has 4 rings (SSSR count). The maximum absolute atomic E-state index is 13.1. The van der Waals surface area contributed by atoms with Crippen molar-refractivity contribution in [2.45, 2.75) is 39.3 Å². The van der Waals surface area contributed by atoms with Crippen molar-refractivity contribution in [2.24, 2.45) is 0 Å². The molecule has 1 aliphatic heterocycles. The van der Waals surface area contributed by atoms with Crippen molar-refractivity contribution in [3.8, 4) is 5.75 Å². The predicted molar refractivity (Wildman–Crippen MR) is 98.4 cm³/mol. The Bertz CT molecular complexity index is 972. The number of hydrogen-bond donors (Lipinski definition) is 1. The highest BCUT2D eigenvalue weighted by Gasteiger charge is 2.31. The molecule has 1 N–H and O–H groups in total. The van der Waals surface area contributed by atoms with Crippen LogP contribution in [0.2, 0.25) is 0 Å². The maximum Gasteiger partial charge on any atom is 0.270 e. The second kappa shape index (κ2) is 6.16. The molecule has 0 radical (unpaired) electrons. The normalized spacial score (nSPS) is 17.0. The van der Waals surface area contributed by atoms with Gasteiger partial charge in [0.25, 0.3) is 5.91 Å². The Morgan fingerprint density at radius 2 is 2.15 bits per heavy atom. The van der Waals surface area contributed by atoms with Gasteiger partial charge in [0.05, 0.1) is 19.7 Å². The lowest BCUT2D eigenvalue weighted by atomic mass is 10.1. The number of amides is 1. The number of carbonyl (C=O) groups excluding carboxylic acids is 1. The van der Waals surface area contributed by atoms with Gasteiger partial charge in [-0.3, -0.25) is 4.79 Å². The number of benzene rings is 1. The van der Waals surface area contributed by atoms with Crippen molar-refractivity contribution in [3.63, 3.8) is 0 Å². The fourth-order valence-corrected chi connectivity index (χ4v) is 3.70. The SMILES string of the molecule is COc1cccc2[nH]c(C(=O)N3Cc4nnc(C(C)C)n4[C@@H](C)C3)cc12. The summed E-state index contributed by atoms with van der Waals surface area (Å²) in [6, 6.07) is 7.75. The van der Waals surface area contributed by atoms with Crippen LogP contribution < -0.4 is 4.74 Å². The lowest BCUT2D eigenvalue weighted by molar-refractivity contribution is 0.0674. The quantitative estimate of drug-likeness (QED) is 0.785. The van der Waals surface area contributed by atoms with Crippen LogP contribution in [0.25, 0.3) is 10.9 Å². The van der Waals surface area contributed by atoms with E-state index in [9.17, 15) is 4.79 Å². The van der Waals surface area contributed by atoms with Crippen LogP contribution in [0.3, 0.4) is 0 Å². The minimum atomic E-state index is -0.0320. The monoisotopic (exact) mass is 353 g/mol. The van der Waals surface area contributed by atoms with E-state index < -0.39 is 0 Å². The van der Waals surface area contributed by atoms with E-state index in [1.807, 2.05) is 29.2 Å². The van der Waals surface area contributed by atoms with Crippen molar-refractivity contribution >= 4 is 16.8 Å². The van der Waals surface area contributed by atoms with Crippen molar-refractivity contribution in [1.82, 2.24) is 24.6 Å². The fourth-order valence-electron chi connectivity index (χ4n) is 3.70. The van der Waals surface area contributed by atoms with E-state index in [-0.39, 0.29) is 11.9 Å². The highest BCUT2D eigenvalue weighted by molar-refractivity contribution is 5.99. The van der Waals surface area contributed by atoms with Crippen LogP contribution in [-0.2, 0) is 6.54 Å². The third-order valence-corrected chi connectivity index (χ3v) is 4.93. The molecule has 0 aliphatic carbocycles. The predicted octanol–water partition coefficient (Wildman–Crippen LogP) is 3.11. The largest absolute Gasteiger partial charge is 0.496 e. The summed E-state index contributed by atoms with van der Waals surface area (Å²) in [7, 11) is 1.63. The smallest absolute Gasteiger partial charge is 0.270 e. The van der Waals surface area contributed by atoms with E-state index in [0.29, 0.717) is 24.7 Å². The molecule has 1 aliphatic rings. The number of nitrogens with one attached hydrogen (secondary N) is 1. The van der Waals surface area contributed by atoms with Crippen LogP contribution in [0.1, 0.15) is 54.9 Å². The summed E-state index contributed by atoms with van der Waals surface area (Å²) in [5.74, 6) is 2.85. The van der Waals surface area contributed by atoms with E-state index in [1.54, 1.807) is 7.11 Å². The summed E-state index contributed by atoms with van der Waals surface area (Å²) in [4.78, 5) is 18.1. The Morgan fingerprint density at radius 3 is 2.88 bits per heavy atom. The van der Waals surface area contributed by atoms with Gasteiger partial charge in [0.1, 0.15) is 17.3 Å². The average Bonchev–Trinajstić information content (AvgIpc) is 3.24. The lowest BCUT2D eigenvalue weighted by Gasteiger charge is -2.32. The Labute approximate surface area is 152 Å². The number of H-pyrrole nitrogens is 1. The first kappa shape index (κ1) is 16.6. The minimum absolute atomic E-state index is 0.0320. The molecule has 7 nitrogen and oxygen atoms in total. The first-order valence-electron chi connectivity index (χ1n) is 8.88. The van der Waals surface area contributed by atoms with Crippen molar-refractivity contribution in [2.75, 3.05) is 13.7 Å². The number of ether oxygens (including phenoxy) is 1. The van der Waals surface area contributed by atoms with Gasteiger partial charge in [-0.2, -0.15) is 0 Å². The van der Waals surface area contributed by atoms with Gasteiger partial charge in [-0.15, -0.1) is 10.2 Å². The lowest BCUT2D eigenvalue weighted by Crippen LogP contribution is -2.41. The summed E-state index contributed by atoms with van der Waals surface area (Å²) in [6.07, 6.45) is 0. The number of aromatic nitrogens is 4. The molecule has 0 fully saturated rings. The molecule has 3 aromatic rings. The highest BCUT2D eigenvalue weighted by atomic mass is 16.5. The van der Waals surface area contributed by atoms with Gasteiger partial charge in [-0.05, 0) is 25.1 Å². The Morgan fingerprint density at radius 1 is 1.35 bits per heavy atom. The third-order valence-electron chi connectivity index (χ3n) is 4.93. The zero-order chi connectivity index (χ0) is 18.4. The zero-order valence-corrected chi connectivity index (χ0v) is 15.5. The molecule has 0 bridgehead atoms. The fraction of sp³-hybridized carbons (Fsp3) is 0.421. The van der Waals surface area contributed by atoms with Crippen molar-refractivity contribution in [1.29, 1.82) is 0 Å². The van der Waals surface area contributed by atoms with Crippen LogP contribution >= 0.6 is 0 Å². The van der Waals surface area contributed by atoms with E-state index in [1.165, 1.54) is 0 Å². The summed E-state index contributed by atoms with van der Waals surface area (Å²) in [5.41, 5.74) is 1.46. The van der Waals surface area contributed by atoms with Gasteiger partial charge in [0, 0.05) is 23.4 Å². The molecule has 7 heteroatoms. The Hall–Kier alpha value is -2.83. The van der Waals surface area contributed by atoms with Gasteiger partial charge in [0.15, 0.2) is 5.82 Å². The number of aromatic amines is 1. The van der Waals surface area contributed by atoms with Gasteiger partial charge < -0.3 is 19.2 Å². The molecule has 1 aromatic carbocycles. The number of fused-ring (bicyclic) bond motifs is 2. The number of methoxy groups -OCH3 is 1. The standard InChI is InChI=1S/C19H23N5O2/c1-11(2)18-22-21-17-10-23(9-12(3)24(17)18)19(25)15-8-13-14(20-15)6-5-7-16(13)26-4/h5-8,11-12,20H,9-10H2,1-4H3/t12-/m0/s1. The zero-order valence-electron chi connectivity index (χ0n) is 15.5. The van der Waals surface area contributed by atoms with E-state index in [0.717, 1.165) is 28.3 Å². The third kappa shape index (κ3) is 2.55. The molecular formula is C19H23N5O2. The van der Waals surface area contributed by atoms with E-state index >= 15 is 0 Å². The van der Waals surface area contributed by atoms with E-state index in [4.69, 9.17) is 4.74 Å². The molecule has 0 unspecified atom stereocenters. The second-order valence-corrected chi connectivity index (χ2v) is 7.14. The summed E-state index contributed by atoms with van der Waals surface area (Å²) in [5, 5.41) is 9.55. The molecule has 2 aromatic heterocycles. The summed E-state index contributed by atoms with van der Waals surface area (Å²) < 4.78 is 7.56. The van der Waals surface area contributed by atoms with Crippen LogP contribution in [0, 0.1) is 0 Å². The number of carbonyl (C=O) groups is 1. The van der Waals surface area contributed by atoms with Crippen molar-refractivity contribution < 1.29 is 9.53 Å². The van der Waals surface area contributed by atoms with Gasteiger partial charge in [0.2, 0.25) is 0 Å². The summed E-state index contributed by atoms with van der Waals surface area (Å²) >= 11 is 0. The first-order valence-corrected chi connectivity index (χ1v) is 8.88. The van der Waals surface area contributed by atoms with Gasteiger partial charge in [-0.25, -0.2) is 0 Å². The Balaban J connectivity index is 1.65. The Kier molecular flexibility index (Phi) is 3.94. The molecule has 0 saturated heterocycles. The minimum Gasteiger partial charge on any atom is -0.496 e. The second-order valence-electron chi connectivity index (χ2n) is 7.14. The average molecular weight is 353 g/mol. The highest BCUT2D eigenvalue weighted by Crippen LogP contribution is 2.29. The van der Waals surface area contributed by atoms with Crippen LogP contribution in [-0.4, -0.2) is 44.2 Å².